The number of hydrogen-bond donors (Lipinski definition) is 1. The molecular formula is C24H39O6S-. The Labute approximate surface area is 187 Å². The summed E-state index contributed by atoms with van der Waals surface area (Å²) in [6.07, 6.45) is 10.1. The molecule has 0 amide bonds. The lowest BCUT2D eigenvalue weighted by molar-refractivity contribution is -0.138. The SMILES string of the molecule is C[C@H](CCC(=O)O)[C@H]1CC[C@H]2[C@@H]3CC[C@@H]4C[C@H](OS(=O)(=O)[O-])CC[C@]4(C)[C@H]3CC[C@]12C. The molecule has 0 heterocycles. The van der Waals surface area contributed by atoms with Crippen LogP contribution in [-0.2, 0) is 19.4 Å². The van der Waals surface area contributed by atoms with Crippen LogP contribution >= 0.6 is 0 Å². The second-order valence-electron chi connectivity index (χ2n) is 11.7. The number of carboxylic acid groups (broad SMARTS) is 1. The zero-order valence-corrected chi connectivity index (χ0v) is 20.0. The Morgan fingerprint density at radius 1 is 1.06 bits per heavy atom. The third-order valence-electron chi connectivity index (χ3n) is 10.4. The molecule has 0 radical (unpaired) electrons. The Hall–Kier alpha value is -0.660. The molecule has 1 N–H and O–H groups in total. The van der Waals surface area contributed by atoms with Crippen LogP contribution in [0.2, 0.25) is 0 Å². The molecule has 7 heteroatoms. The van der Waals surface area contributed by atoms with Crippen LogP contribution in [-0.4, -0.2) is 30.2 Å². The number of carbonyl (C=O) groups is 1. The van der Waals surface area contributed by atoms with E-state index >= 15 is 0 Å². The number of aliphatic carboxylic acids is 1. The van der Waals surface area contributed by atoms with Crippen molar-refractivity contribution in [3.8, 4) is 0 Å². The zero-order valence-electron chi connectivity index (χ0n) is 19.2. The van der Waals surface area contributed by atoms with Crippen LogP contribution in [0.3, 0.4) is 0 Å². The molecule has 0 unspecified atom stereocenters. The molecule has 0 aliphatic heterocycles. The molecule has 0 aromatic rings. The predicted molar refractivity (Wildman–Crippen MR) is 116 cm³/mol. The highest BCUT2D eigenvalue weighted by Gasteiger charge is 2.60. The summed E-state index contributed by atoms with van der Waals surface area (Å²) in [5.74, 6) is 2.93. The molecule has 4 rings (SSSR count). The van der Waals surface area contributed by atoms with Crippen LogP contribution in [0.25, 0.3) is 0 Å². The first-order valence-electron chi connectivity index (χ1n) is 12.3. The summed E-state index contributed by atoms with van der Waals surface area (Å²) in [5.41, 5.74) is 0.531. The van der Waals surface area contributed by atoms with Gasteiger partial charge in [0.2, 0.25) is 10.4 Å². The monoisotopic (exact) mass is 455 g/mol. The Morgan fingerprint density at radius 2 is 1.74 bits per heavy atom. The fraction of sp³-hybridized carbons (Fsp3) is 0.958. The van der Waals surface area contributed by atoms with Gasteiger partial charge in [0.1, 0.15) is 0 Å². The maximum Gasteiger partial charge on any atom is 0.303 e. The highest BCUT2D eigenvalue weighted by Crippen LogP contribution is 2.68. The smallest absolute Gasteiger partial charge is 0.303 e. The van der Waals surface area contributed by atoms with Gasteiger partial charge in [0.05, 0.1) is 6.10 Å². The summed E-state index contributed by atoms with van der Waals surface area (Å²) in [6, 6.07) is 0. The zero-order chi connectivity index (χ0) is 22.6. The fourth-order valence-corrected chi connectivity index (χ4v) is 9.51. The average molecular weight is 456 g/mol. The van der Waals surface area contributed by atoms with E-state index in [0.717, 1.165) is 31.1 Å². The van der Waals surface area contributed by atoms with Gasteiger partial charge >= 0.3 is 5.97 Å². The lowest BCUT2D eigenvalue weighted by atomic mass is 9.44. The van der Waals surface area contributed by atoms with Crippen molar-refractivity contribution in [1.82, 2.24) is 0 Å². The van der Waals surface area contributed by atoms with Crippen molar-refractivity contribution in [2.75, 3.05) is 0 Å². The molecule has 9 atom stereocenters. The van der Waals surface area contributed by atoms with E-state index in [2.05, 4.69) is 20.8 Å². The van der Waals surface area contributed by atoms with Gasteiger partial charge in [0.15, 0.2) is 0 Å². The molecule has 4 aliphatic carbocycles. The Balaban J connectivity index is 1.47. The van der Waals surface area contributed by atoms with Crippen LogP contribution in [0, 0.1) is 46.3 Å². The Bertz CT molecular complexity index is 796. The molecule has 178 valence electrons. The summed E-state index contributed by atoms with van der Waals surface area (Å²) >= 11 is 0. The average Bonchev–Trinajstić information content (AvgIpc) is 3.02. The molecule has 6 nitrogen and oxygen atoms in total. The molecule has 4 saturated carbocycles. The highest BCUT2D eigenvalue weighted by molar-refractivity contribution is 7.80. The standard InChI is InChI=1S/C24H40O6S/c1-15(4-9-22(25)26)19-7-8-20-18-6-5-16-14-17(30-31(27,28)29)10-12-23(16,2)21(18)11-13-24(19,20)3/h15-21H,4-14H2,1-3H3,(H,25,26)(H,27,28,29)/p-1/t15-,16-,17-,18+,19-,20+,21+,23+,24-/m1/s1. The number of fused-ring (bicyclic) bond motifs is 5. The van der Waals surface area contributed by atoms with Crippen molar-refractivity contribution >= 4 is 16.4 Å². The van der Waals surface area contributed by atoms with E-state index in [9.17, 15) is 17.8 Å². The second-order valence-corrected chi connectivity index (χ2v) is 12.7. The maximum atomic E-state index is 11.1. The van der Waals surface area contributed by atoms with E-state index in [1.807, 2.05) is 0 Å². The first-order chi connectivity index (χ1) is 14.4. The maximum absolute atomic E-state index is 11.1. The van der Waals surface area contributed by atoms with Crippen LogP contribution < -0.4 is 0 Å². The van der Waals surface area contributed by atoms with Crippen LogP contribution in [0.15, 0.2) is 0 Å². The lowest BCUT2D eigenvalue weighted by Gasteiger charge is -2.61. The van der Waals surface area contributed by atoms with Gasteiger partial charge in [0.25, 0.3) is 0 Å². The largest absolute Gasteiger partial charge is 0.726 e. The van der Waals surface area contributed by atoms with E-state index in [-0.39, 0.29) is 11.8 Å². The first kappa shape index (κ1) is 23.5. The molecule has 31 heavy (non-hydrogen) atoms. The minimum Gasteiger partial charge on any atom is -0.726 e. The minimum atomic E-state index is -4.64. The van der Waals surface area contributed by atoms with Crippen LogP contribution in [0.5, 0.6) is 0 Å². The molecule has 4 aliphatic rings. The van der Waals surface area contributed by atoms with Crippen molar-refractivity contribution < 1.29 is 27.1 Å². The molecule has 0 spiro atoms. The third-order valence-corrected chi connectivity index (χ3v) is 11.0. The molecule has 0 aromatic heterocycles. The van der Waals surface area contributed by atoms with E-state index in [0.29, 0.717) is 41.9 Å². The first-order valence-corrected chi connectivity index (χ1v) is 13.6. The normalized spacial score (nSPS) is 45.9. The van der Waals surface area contributed by atoms with Crippen molar-refractivity contribution in [2.24, 2.45) is 46.3 Å². The topological polar surface area (TPSA) is 104 Å². The van der Waals surface area contributed by atoms with Crippen molar-refractivity contribution in [2.45, 2.75) is 97.5 Å². The van der Waals surface area contributed by atoms with E-state index in [4.69, 9.17) is 9.29 Å². The van der Waals surface area contributed by atoms with Gasteiger partial charge in [-0.15, -0.1) is 0 Å². The van der Waals surface area contributed by atoms with Crippen LogP contribution in [0.1, 0.15) is 91.4 Å². The van der Waals surface area contributed by atoms with Crippen LogP contribution in [0.4, 0.5) is 0 Å². The van der Waals surface area contributed by atoms with Gasteiger partial charge in [-0.05, 0) is 111 Å². The summed E-state index contributed by atoms with van der Waals surface area (Å²) in [4.78, 5) is 11.1. The van der Waals surface area contributed by atoms with Gasteiger partial charge in [-0.1, -0.05) is 20.8 Å². The molecule has 0 saturated heterocycles. The molecule has 4 fully saturated rings. The number of hydrogen-bond acceptors (Lipinski definition) is 5. The molecular weight excluding hydrogens is 416 g/mol. The van der Waals surface area contributed by atoms with Gasteiger partial charge in [-0.3, -0.25) is 8.98 Å². The quantitative estimate of drug-likeness (QED) is 0.447. The van der Waals surface area contributed by atoms with Gasteiger partial charge < -0.3 is 9.66 Å². The minimum absolute atomic E-state index is 0.212. The van der Waals surface area contributed by atoms with Gasteiger partial charge in [-0.2, -0.15) is 0 Å². The van der Waals surface area contributed by atoms with E-state index in [1.165, 1.54) is 32.1 Å². The van der Waals surface area contributed by atoms with E-state index < -0.39 is 22.5 Å². The number of rotatable bonds is 6. The highest BCUT2D eigenvalue weighted by atomic mass is 32.3. The van der Waals surface area contributed by atoms with Crippen molar-refractivity contribution in [1.29, 1.82) is 0 Å². The summed E-state index contributed by atoms with van der Waals surface area (Å²) in [5, 5.41) is 9.12. The van der Waals surface area contributed by atoms with Crippen molar-refractivity contribution in [3.63, 3.8) is 0 Å². The summed E-state index contributed by atoms with van der Waals surface area (Å²) in [6.45, 7) is 7.17. The number of carboxylic acids is 1. The summed E-state index contributed by atoms with van der Waals surface area (Å²) in [7, 11) is -4.64. The molecule has 0 aromatic carbocycles. The van der Waals surface area contributed by atoms with E-state index in [1.54, 1.807) is 0 Å². The fourth-order valence-electron chi connectivity index (χ4n) is 9.00. The second kappa shape index (κ2) is 8.28. The molecule has 0 bridgehead atoms. The third kappa shape index (κ3) is 4.31. The Kier molecular flexibility index (Phi) is 6.28. The summed E-state index contributed by atoms with van der Waals surface area (Å²) < 4.78 is 38.1. The Morgan fingerprint density at radius 3 is 2.42 bits per heavy atom. The lowest BCUT2D eigenvalue weighted by Crippen LogP contribution is -2.54. The predicted octanol–water partition coefficient (Wildman–Crippen LogP) is 4.99. The van der Waals surface area contributed by atoms with Gasteiger partial charge in [0, 0.05) is 6.42 Å². The van der Waals surface area contributed by atoms with Crippen molar-refractivity contribution in [3.05, 3.63) is 0 Å². The van der Waals surface area contributed by atoms with Gasteiger partial charge in [-0.25, -0.2) is 8.42 Å².